The Morgan fingerprint density at radius 3 is 2.74 bits per heavy atom. The average molecular weight is 328 g/mol. The first-order valence-corrected chi connectivity index (χ1v) is 8.39. The summed E-state index contributed by atoms with van der Waals surface area (Å²) < 4.78 is 5.40. The molecule has 0 radical (unpaired) electrons. The first-order valence-electron chi connectivity index (χ1n) is 7.51. The van der Waals surface area contributed by atoms with Gasteiger partial charge in [0.25, 0.3) is 0 Å². The van der Waals surface area contributed by atoms with Crippen LogP contribution in [0.3, 0.4) is 0 Å². The van der Waals surface area contributed by atoms with Gasteiger partial charge in [0.1, 0.15) is 0 Å². The molecule has 3 heterocycles. The number of nitrogens with zero attached hydrogens (tertiary/aromatic N) is 3. The topological polar surface area (TPSA) is 63.8 Å². The van der Waals surface area contributed by atoms with Crippen molar-refractivity contribution in [1.29, 1.82) is 0 Å². The van der Waals surface area contributed by atoms with Crippen LogP contribution in [-0.4, -0.2) is 15.1 Å². The van der Waals surface area contributed by atoms with Crippen molar-refractivity contribution in [2.45, 2.75) is 39.7 Å². The number of rotatable bonds is 4. The van der Waals surface area contributed by atoms with Crippen molar-refractivity contribution in [3.8, 4) is 11.3 Å². The van der Waals surface area contributed by atoms with Gasteiger partial charge in [-0.3, -0.25) is 0 Å². The largest absolute Gasteiger partial charge is 0.356 e. The van der Waals surface area contributed by atoms with Gasteiger partial charge in [0.2, 0.25) is 5.95 Å². The minimum Gasteiger partial charge on any atom is -0.356 e. The Labute approximate surface area is 139 Å². The Morgan fingerprint density at radius 1 is 1.30 bits per heavy atom. The van der Waals surface area contributed by atoms with Crippen LogP contribution in [0.4, 0.5) is 5.95 Å². The Hall–Kier alpha value is -2.21. The van der Waals surface area contributed by atoms with Gasteiger partial charge in [0.15, 0.2) is 5.76 Å². The molecule has 23 heavy (non-hydrogen) atoms. The number of nitrogens with one attached hydrogen (secondary N) is 1. The molecule has 1 N–H and O–H groups in total. The molecular weight excluding hydrogens is 308 g/mol. The van der Waals surface area contributed by atoms with E-state index in [4.69, 9.17) is 9.51 Å². The molecule has 0 amide bonds. The van der Waals surface area contributed by atoms with E-state index in [-0.39, 0.29) is 5.41 Å². The Morgan fingerprint density at radius 2 is 2.13 bits per heavy atom. The van der Waals surface area contributed by atoms with E-state index in [1.54, 1.807) is 11.3 Å². The second kappa shape index (κ2) is 6.12. The zero-order valence-corrected chi connectivity index (χ0v) is 14.6. The summed E-state index contributed by atoms with van der Waals surface area (Å²) in [5.74, 6) is 1.33. The monoisotopic (exact) mass is 328 g/mol. The number of hydrogen-bond donors (Lipinski definition) is 1. The number of hydrogen-bond acceptors (Lipinski definition) is 6. The second-order valence-electron chi connectivity index (χ2n) is 6.47. The molecule has 3 rings (SSSR count). The lowest BCUT2D eigenvalue weighted by atomic mass is 9.88. The van der Waals surface area contributed by atoms with Gasteiger partial charge in [-0.05, 0) is 18.4 Å². The van der Waals surface area contributed by atoms with Crippen molar-refractivity contribution in [3.63, 3.8) is 0 Å². The van der Waals surface area contributed by atoms with Gasteiger partial charge in [-0.15, -0.1) is 11.3 Å². The highest BCUT2D eigenvalue weighted by atomic mass is 32.1. The van der Waals surface area contributed by atoms with Gasteiger partial charge in [-0.2, -0.15) is 0 Å². The van der Waals surface area contributed by atoms with Crippen LogP contribution in [0.25, 0.3) is 11.3 Å². The molecule has 0 aliphatic carbocycles. The smallest absolute Gasteiger partial charge is 0.223 e. The fourth-order valence-corrected chi connectivity index (χ4v) is 2.93. The first kappa shape index (κ1) is 15.7. The predicted octanol–water partition coefficient (Wildman–Crippen LogP) is 4.41. The fourth-order valence-electron chi connectivity index (χ4n) is 2.29. The molecule has 0 atom stereocenters. The Balaban J connectivity index is 1.92. The first-order chi connectivity index (χ1) is 10.9. The van der Waals surface area contributed by atoms with E-state index in [2.05, 4.69) is 47.7 Å². The van der Waals surface area contributed by atoms with Gasteiger partial charge in [0, 0.05) is 22.6 Å². The minimum absolute atomic E-state index is 0.127. The third-order valence-electron chi connectivity index (χ3n) is 3.39. The zero-order chi connectivity index (χ0) is 16.4. The van der Waals surface area contributed by atoms with Crippen LogP contribution in [0.2, 0.25) is 0 Å². The summed E-state index contributed by atoms with van der Waals surface area (Å²) in [5.41, 5.74) is 2.55. The molecule has 5 nitrogen and oxygen atoms in total. The number of aryl methyl sites for hydroxylation is 1. The van der Waals surface area contributed by atoms with Crippen molar-refractivity contribution < 1.29 is 4.52 Å². The lowest BCUT2D eigenvalue weighted by Gasteiger charge is -2.21. The highest BCUT2D eigenvalue weighted by molar-refractivity contribution is 7.09. The molecule has 0 aromatic carbocycles. The lowest BCUT2D eigenvalue weighted by molar-refractivity contribution is 0.425. The van der Waals surface area contributed by atoms with E-state index in [0.29, 0.717) is 11.7 Å². The number of anilines is 1. The molecule has 0 saturated carbocycles. The molecule has 3 aromatic heterocycles. The minimum atomic E-state index is -0.127. The van der Waals surface area contributed by atoms with Crippen LogP contribution in [0.5, 0.6) is 0 Å². The van der Waals surface area contributed by atoms with Crippen molar-refractivity contribution in [3.05, 3.63) is 46.0 Å². The van der Waals surface area contributed by atoms with Crippen LogP contribution in [0, 0.1) is 6.92 Å². The van der Waals surface area contributed by atoms with E-state index >= 15 is 0 Å². The number of aromatic nitrogens is 3. The van der Waals surface area contributed by atoms with Crippen LogP contribution >= 0.6 is 11.3 Å². The van der Waals surface area contributed by atoms with E-state index in [0.717, 1.165) is 23.5 Å². The third-order valence-corrected chi connectivity index (χ3v) is 4.27. The molecule has 3 aromatic rings. The summed E-state index contributed by atoms with van der Waals surface area (Å²) in [6.45, 7) is 9.02. The molecule has 0 bridgehead atoms. The molecule has 0 aliphatic heterocycles. The summed E-state index contributed by atoms with van der Waals surface area (Å²) in [5, 5.41) is 9.31. The van der Waals surface area contributed by atoms with E-state index in [1.807, 2.05) is 25.3 Å². The lowest BCUT2D eigenvalue weighted by Crippen LogP contribution is -2.17. The summed E-state index contributed by atoms with van der Waals surface area (Å²) >= 11 is 1.71. The summed E-state index contributed by atoms with van der Waals surface area (Å²) in [7, 11) is 0. The molecule has 0 aliphatic rings. The summed E-state index contributed by atoms with van der Waals surface area (Å²) in [6, 6.07) is 6.04. The van der Waals surface area contributed by atoms with E-state index in [1.165, 1.54) is 4.88 Å². The fraction of sp³-hybridized carbons (Fsp3) is 0.353. The highest BCUT2D eigenvalue weighted by Gasteiger charge is 2.24. The van der Waals surface area contributed by atoms with Crippen molar-refractivity contribution in [2.24, 2.45) is 0 Å². The Kier molecular flexibility index (Phi) is 4.17. The molecular formula is C17H20N4OS. The van der Waals surface area contributed by atoms with E-state index in [9.17, 15) is 0 Å². The van der Waals surface area contributed by atoms with Crippen LogP contribution in [0.15, 0.2) is 34.3 Å². The second-order valence-corrected chi connectivity index (χ2v) is 7.50. The quantitative estimate of drug-likeness (QED) is 0.768. The maximum absolute atomic E-state index is 5.40. The average Bonchev–Trinajstić information content (AvgIpc) is 3.15. The molecule has 6 heteroatoms. The van der Waals surface area contributed by atoms with Gasteiger partial charge in [-0.25, -0.2) is 9.97 Å². The van der Waals surface area contributed by atoms with Gasteiger partial charge >= 0.3 is 0 Å². The predicted molar refractivity (Wildman–Crippen MR) is 92.6 cm³/mol. The van der Waals surface area contributed by atoms with Gasteiger partial charge in [-0.1, -0.05) is 32.0 Å². The zero-order valence-electron chi connectivity index (χ0n) is 13.8. The maximum atomic E-state index is 5.40. The van der Waals surface area contributed by atoms with Crippen LogP contribution < -0.4 is 5.32 Å². The summed E-state index contributed by atoms with van der Waals surface area (Å²) in [6.07, 6.45) is 1.81. The molecule has 0 saturated heterocycles. The summed E-state index contributed by atoms with van der Waals surface area (Å²) in [4.78, 5) is 10.4. The SMILES string of the molecule is Cc1cc(-c2cnc(NCc3cccs3)nc2C(C)(C)C)on1. The Bertz CT molecular complexity index is 787. The van der Waals surface area contributed by atoms with Gasteiger partial charge in [0.05, 0.1) is 23.5 Å². The van der Waals surface area contributed by atoms with Crippen molar-refractivity contribution in [1.82, 2.24) is 15.1 Å². The highest BCUT2D eigenvalue weighted by Crippen LogP contribution is 2.32. The maximum Gasteiger partial charge on any atom is 0.223 e. The molecule has 0 fully saturated rings. The third kappa shape index (κ3) is 3.59. The van der Waals surface area contributed by atoms with E-state index < -0.39 is 0 Å². The van der Waals surface area contributed by atoms with Crippen molar-refractivity contribution >= 4 is 17.3 Å². The van der Waals surface area contributed by atoms with Crippen LogP contribution in [0.1, 0.15) is 37.0 Å². The normalized spacial score (nSPS) is 11.7. The molecule has 0 spiro atoms. The number of thiophene rings is 1. The molecule has 0 unspecified atom stereocenters. The molecule has 120 valence electrons. The van der Waals surface area contributed by atoms with Crippen LogP contribution in [-0.2, 0) is 12.0 Å². The van der Waals surface area contributed by atoms with Crippen molar-refractivity contribution in [2.75, 3.05) is 5.32 Å². The van der Waals surface area contributed by atoms with Gasteiger partial charge < -0.3 is 9.84 Å². The standard InChI is InChI=1S/C17H20N4OS/c1-11-8-14(22-21-11)13-10-19-16(20-15(13)17(2,3)4)18-9-12-6-5-7-23-12/h5-8,10H,9H2,1-4H3,(H,18,19,20).